The third kappa shape index (κ3) is 3.52. The molecular weight excluding hydrogens is 360 g/mol. The highest BCUT2D eigenvalue weighted by atomic mass is 35.5. The molecule has 0 aromatic rings. The van der Waals surface area contributed by atoms with Gasteiger partial charge in [-0.15, -0.1) is 11.6 Å². The minimum absolute atomic E-state index is 0.396. The van der Waals surface area contributed by atoms with Crippen LogP contribution in [0.2, 0.25) is 0 Å². The van der Waals surface area contributed by atoms with Gasteiger partial charge in [-0.25, -0.2) is 0 Å². The van der Waals surface area contributed by atoms with E-state index in [4.69, 9.17) is 11.6 Å². The minimum Gasteiger partial charge on any atom is -0.123 e. The summed E-state index contributed by atoms with van der Waals surface area (Å²) < 4.78 is 0. The zero-order chi connectivity index (χ0) is 20.1. The zero-order valence-electron chi connectivity index (χ0n) is 19.3. The van der Waals surface area contributed by atoms with Gasteiger partial charge in [0.15, 0.2) is 0 Å². The molecule has 1 heteroatoms. The SMILES string of the molecule is CC(C)CCCC(C)C1CC[C@H]2[C@@H]3CC=C4C[C@@H](Cl)CC[C@]4(C)[C@H]3CC[C@]12C. The molecule has 0 heterocycles. The van der Waals surface area contributed by atoms with Crippen LogP contribution in [0, 0.1) is 46.3 Å². The van der Waals surface area contributed by atoms with Crippen molar-refractivity contribution in [2.75, 3.05) is 0 Å². The topological polar surface area (TPSA) is 0 Å². The molecule has 0 saturated heterocycles. The quantitative estimate of drug-likeness (QED) is 0.317. The number of hydrogen-bond acceptors (Lipinski definition) is 0. The molecule has 0 radical (unpaired) electrons. The molecule has 4 aliphatic carbocycles. The number of alkyl halides is 1. The van der Waals surface area contributed by atoms with Gasteiger partial charge in [0.2, 0.25) is 0 Å². The highest BCUT2D eigenvalue weighted by Crippen LogP contribution is 2.67. The lowest BCUT2D eigenvalue weighted by Crippen LogP contribution is -2.50. The molecule has 4 rings (SSSR count). The van der Waals surface area contributed by atoms with Gasteiger partial charge in [0, 0.05) is 5.38 Å². The molecule has 0 nitrogen and oxygen atoms in total. The van der Waals surface area contributed by atoms with Gasteiger partial charge in [0.1, 0.15) is 0 Å². The lowest BCUT2D eigenvalue weighted by Gasteiger charge is -2.58. The Hall–Kier alpha value is 0.0300. The largest absolute Gasteiger partial charge is 0.123 e. The van der Waals surface area contributed by atoms with Crippen LogP contribution in [0.1, 0.15) is 105 Å². The van der Waals surface area contributed by atoms with Crippen molar-refractivity contribution in [3.05, 3.63) is 11.6 Å². The average Bonchev–Trinajstić information content (AvgIpc) is 2.99. The van der Waals surface area contributed by atoms with Gasteiger partial charge >= 0.3 is 0 Å². The van der Waals surface area contributed by atoms with E-state index < -0.39 is 0 Å². The third-order valence-electron chi connectivity index (χ3n) is 10.2. The van der Waals surface area contributed by atoms with Gasteiger partial charge in [0.05, 0.1) is 0 Å². The van der Waals surface area contributed by atoms with Gasteiger partial charge in [0.25, 0.3) is 0 Å². The van der Waals surface area contributed by atoms with E-state index in [1.165, 1.54) is 70.6 Å². The second kappa shape index (κ2) is 7.94. The molecular formula is C27H45Cl. The maximum Gasteiger partial charge on any atom is 0.0373 e. The number of rotatable bonds is 5. The van der Waals surface area contributed by atoms with Gasteiger partial charge in [-0.3, -0.25) is 0 Å². The van der Waals surface area contributed by atoms with Crippen molar-refractivity contribution in [3.63, 3.8) is 0 Å². The van der Waals surface area contributed by atoms with Crippen LogP contribution in [0.3, 0.4) is 0 Å². The second-order valence-electron chi connectivity index (χ2n) is 12.1. The summed E-state index contributed by atoms with van der Waals surface area (Å²) in [6, 6.07) is 0. The molecule has 0 N–H and O–H groups in total. The first-order chi connectivity index (χ1) is 13.3. The van der Waals surface area contributed by atoms with Crippen LogP contribution in [-0.4, -0.2) is 5.38 Å². The van der Waals surface area contributed by atoms with Crippen LogP contribution >= 0.6 is 11.6 Å². The average molecular weight is 405 g/mol. The molecule has 0 aromatic carbocycles. The second-order valence-corrected chi connectivity index (χ2v) is 12.7. The molecule has 4 aliphatic rings. The molecule has 160 valence electrons. The van der Waals surface area contributed by atoms with E-state index >= 15 is 0 Å². The maximum atomic E-state index is 6.56. The summed E-state index contributed by atoms with van der Waals surface area (Å²) >= 11 is 6.56. The van der Waals surface area contributed by atoms with Crippen molar-refractivity contribution in [1.29, 1.82) is 0 Å². The van der Waals surface area contributed by atoms with Crippen LogP contribution in [0.25, 0.3) is 0 Å². The first-order valence-corrected chi connectivity index (χ1v) is 13.0. The molecule has 2 unspecified atom stereocenters. The molecule has 3 fully saturated rings. The molecule has 0 spiro atoms. The van der Waals surface area contributed by atoms with Gasteiger partial charge in [-0.2, -0.15) is 0 Å². The summed E-state index contributed by atoms with van der Waals surface area (Å²) in [6.07, 6.45) is 18.0. The maximum absolute atomic E-state index is 6.56. The number of halogens is 1. The number of fused-ring (bicyclic) bond motifs is 5. The Morgan fingerprint density at radius 2 is 1.79 bits per heavy atom. The first kappa shape index (κ1) is 21.3. The van der Waals surface area contributed by atoms with E-state index in [1.54, 1.807) is 5.57 Å². The van der Waals surface area contributed by atoms with Crippen molar-refractivity contribution >= 4 is 11.6 Å². The number of hydrogen-bond donors (Lipinski definition) is 0. The van der Waals surface area contributed by atoms with Gasteiger partial charge < -0.3 is 0 Å². The monoisotopic (exact) mass is 404 g/mol. The Bertz CT molecular complexity index is 591. The summed E-state index contributed by atoms with van der Waals surface area (Å²) in [5.74, 6) is 5.62. The predicted octanol–water partition coefficient (Wildman–Crippen LogP) is 8.64. The number of allylic oxidation sites excluding steroid dienone is 2. The van der Waals surface area contributed by atoms with Gasteiger partial charge in [-0.1, -0.05) is 65.5 Å². The normalized spacial score (nSPS) is 46.5. The molecule has 28 heavy (non-hydrogen) atoms. The Labute approximate surface area is 180 Å². The van der Waals surface area contributed by atoms with E-state index in [0.29, 0.717) is 16.2 Å². The smallest absolute Gasteiger partial charge is 0.0373 e. The summed E-state index contributed by atoms with van der Waals surface area (Å²) in [5, 5.41) is 0.396. The van der Waals surface area contributed by atoms with Crippen LogP contribution < -0.4 is 0 Å². The van der Waals surface area contributed by atoms with Gasteiger partial charge in [-0.05, 0) is 97.7 Å². The highest BCUT2D eigenvalue weighted by Gasteiger charge is 2.58. The summed E-state index contributed by atoms with van der Waals surface area (Å²) in [6.45, 7) is 12.7. The Morgan fingerprint density at radius 3 is 2.54 bits per heavy atom. The van der Waals surface area contributed by atoms with E-state index in [0.717, 1.165) is 35.5 Å². The van der Waals surface area contributed by atoms with Crippen LogP contribution in [0.15, 0.2) is 11.6 Å². The van der Waals surface area contributed by atoms with Crippen LogP contribution in [0.4, 0.5) is 0 Å². The zero-order valence-corrected chi connectivity index (χ0v) is 20.0. The Morgan fingerprint density at radius 1 is 1.00 bits per heavy atom. The molecule has 3 saturated carbocycles. The Balaban J connectivity index is 1.49. The molecule has 0 aromatic heterocycles. The molecule has 0 amide bonds. The molecule has 0 bridgehead atoms. The fourth-order valence-corrected chi connectivity index (χ4v) is 8.92. The van der Waals surface area contributed by atoms with Crippen molar-refractivity contribution in [3.8, 4) is 0 Å². The van der Waals surface area contributed by atoms with Crippen molar-refractivity contribution in [2.24, 2.45) is 46.3 Å². The van der Waals surface area contributed by atoms with E-state index in [2.05, 4.69) is 40.7 Å². The van der Waals surface area contributed by atoms with E-state index in [1.807, 2.05) is 0 Å². The third-order valence-corrected chi connectivity index (χ3v) is 10.6. The van der Waals surface area contributed by atoms with Crippen molar-refractivity contribution in [1.82, 2.24) is 0 Å². The summed E-state index contributed by atoms with van der Waals surface area (Å²) in [5.41, 5.74) is 2.82. The highest BCUT2D eigenvalue weighted by molar-refractivity contribution is 6.20. The standard InChI is InChI=1S/C27H45Cl/c1-18(2)7-6-8-19(3)23-11-12-24-22-10-9-20-17-21(28)13-15-26(20,4)25(22)14-16-27(23,24)5/h9,18-19,21-25H,6-8,10-17H2,1-5H3/t19?,21-,22-,23?,24-,25-,26-,27+/m0/s1. The minimum atomic E-state index is 0.396. The fourth-order valence-electron chi connectivity index (χ4n) is 8.64. The summed E-state index contributed by atoms with van der Waals surface area (Å²) in [4.78, 5) is 0. The van der Waals surface area contributed by atoms with Crippen molar-refractivity contribution in [2.45, 2.75) is 111 Å². The molecule has 0 aliphatic heterocycles. The lowest BCUT2D eigenvalue weighted by atomic mass is 9.47. The lowest BCUT2D eigenvalue weighted by molar-refractivity contribution is -0.0498. The van der Waals surface area contributed by atoms with E-state index in [-0.39, 0.29) is 0 Å². The van der Waals surface area contributed by atoms with Crippen molar-refractivity contribution < 1.29 is 0 Å². The van der Waals surface area contributed by atoms with E-state index in [9.17, 15) is 0 Å². The predicted molar refractivity (Wildman–Crippen MR) is 123 cm³/mol. The fraction of sp³-hybridized carbons (Fsp3) is 0.926. The van der Waals surface area contributed by atoms with Crippen LogP contribution in [-0.2, 0) is 0 Å². The Kier molecular flexibility index (Phi) is 6.03. The van der Waals surface area contributed by atoms with Crippen LogP contribution in [0.5, 0.6) is 0 Å². The molecule has 8 atom stereocenters. The summed E-state index contributed by atoms with van der Waals surface area (Å²) in [7, 11) is 0. The first-order valence-electron chi connectivity index (χ1n) is 12.6.